The number of aromatic nitrogens is 4. The zero-order valence-corrected chi connectivity index (χ0v) is 10.6. The van der Waals surface area contributed by atoms with E-state index in [4.69, 9.17) is 0 Å². The zero-order valence-electron chi connectivity index (χ0n) is 10.6. The highest BCUT2D eigenvalue weighted by atomic mass is 19.4. The average molecular weight is 283 g/mol. The maximum absolute atomic E-state index is 12.9. The summed E-state index contributed by atoms with van der Waals surface area (Å²) in [6, 6.07) is 1.72. The van der Waals surface area contributed by atoms with Gasteiger partial charge in [-0.05, 0) is 19.8 Å². The van der Waals surface area contributed by atoms with Crippen LogP contribution in [-0.2, 0) is 6.18 Å². The van der Waals surface area contributed by atoms with E-state index in [0.29, 0.717) is 11.7 Å². The molecule has 1 aliphatic carbocycles. The molecule has 8 heteroatoms. The molecule has 5 nitrogen and oxygen atoms in total. The molecule has 1 saturated carbocycles. The van der Waals surface area contributed by atoms with Crippen LogP contribution in [0.3, 0.4) is 0 Å². The van der Waals surface area contributed by atoms with E-state index in [1.165, 1.54) is 6.92 Å². The normalized spacial score (nSPS) is 15.4. The quantitative estimate of drug-likeness (QED) is 0.908. The monoisotopic (exact) mass is 283 g/mol. The molecule has 2 N–H and O–H groups in total. The number of H-pyrrole nitrogens is 1. The van der Waals surface area contributed by atoms with Gasteiger partial charge in [0.2, 0.25) is 0 Å². The topological polar surface area (TPSA) is 66.5 Å². The molecule has 1 aliphatic rings. The molecule has 20 heavy (non-hydrogen) atoms. The Morgan fingerprint density at radius 3 is 2.75 bits per heavy atom. The van der Waals surface area contributed by atoms with Gasteiger partial charge in [-0.1, -0.05) is 0 Å². The number of aromatic amines is 1. The van der Waals surface area contributed by atoms with Crippen LogP contribution in [0, 0.1) is 6.92 Å². The molecule has 0 amide bonds. The Balaban J connectivity index is 1.90. The minimum absolute atomic E-state index is 0.262. The number of aryl methyl sites for hydroxylation is 1. The number of alkyl halides is 3. The first kappa shape index (κ1) is 12.9. The highest BCUT2D eigenvalue weighted by Crippen LogP contribution is 2.40. The van der Waals surface area contributed by atoms with Gasteiger partial charge in [0, 0.05) is 23.9 Å². The van der Waals surface area contributed by atoms with Crippen LogP contribution < -0.4 is 5.32 Å². The molecule has 3 rings (SSSR count). The van der Waals surface area contributed by atoms with E-state index in [2.05, 4.69) is 25.5 Å². The Labute approximate surface area is 112 Å². The first-order chi connectivity index (χ1) is 9.43. The summed E-state index contributed by atoms with van der Waals surface area (Å²) < 4.78 is 38.6. The Bertz CT molecular complexity index is 630. The molecule has 0 spiro atoms. The summed E-state index contributed by atoms with van der Waals surface area (Å²) >= 11 is 0. The van der Waals surface area contributed by atoms with Crippen molar-refractivity contribution >= 4 is 11.6 Å². The number of halogens is 3. The number of nitrogens with one attached hydrogen (secondary N) is 2. The second-order valence-electron chi connectivity index (χ2n) is 4.79. The van der Waals surface area contributed by atoms with Crippen molar-refractivity contribution in [3.05, 3.63) is 29.3 Å². The lowest BCUT2D eigenvalue weighted by molar-refractivity contribution is -0.137. The molecule has 1 fully saturated rings. The molecule has 106 valence electrons. The van der Waals surface area contributed by atoms with Crippen molar-refractivity contribution in [2.75, 3.05) is 5.32 Å². The van der Waals surface area contributed by atoms with E-state index >= 15 is 0 Å². The SMILES string of the molecule is Cc1ncc(C(F)(F)F)c(Nc2cc(C3CC3)[nH]n2)n1. The molecule has 2 aromatic rings. The van der Waals surface area contributed by atoms with E-state index in [1.807, 2.05) is 0 Å². The largest absolute Gasteiger partial charge is 0.421 e. The van der Waals surface area contributed by atoms with Crippen LogP contribution in [0.4, 0.5) is 24.8 Å². The number of hydrogen-bond acceptors (Lipinski definition) is 4. The Hall–Kier alpha value is -2.12. The van der Waals surface area contributed by atoms with Gasteiger partial charge in [-0.3, -0.25) is 5.10 Å². The first-order valence-electron chi connectivity index (χ1n) is 6.16. The van der Waals surface area contributed by atoms with E-state index in [1.54, 1.807) is 6.07 Å². The van der Waals surface area contributed by atoms with Gasteiger partial charge < -0.3 is 5.32 Å². The van der Waals surface area contributed by atoms with Crippen molar-refractivity contribution in [1.82, 2.24) is 20.2 Å². The molecule has 0 atom stereocenters. The smallest absolute Gasteiger partial charge is 0.323 e. The van der Waals surface area contributed by atoms with Crippen LogP contribution in [0.1, 0.15) is 35.8 Å². The predicted molar refractivity (Wildman–Crippen MR) is 65.6 cm³/mol. The van der Waals surface area contributed by atoms with Gasteiger partial charge in [0.05, 0.1) is 0 Å². The summed E-state index contributed by atoms with van der Waals surface area (Å²) in [6.07, 6.45) is -1.56. The maximum atomic E-state index is 12.9. The van der Waals surface area contributed by atoms with Crippen LogP contribution in [0.2, 0.25) is 0 Å². The maximum Gasteiger partial charge on any atom is 0.421 e. The molecular weight excluding hydrogens is 271 g/mol. The first-order valence-corrected chi connectivity index (χ1v) is 6.16. The number of rotatable bonds is 3. The molecule has 0 unspecified atom stereocenters. The lowest BCUT2D eigenvalue weighted by atomic mass is 10.3. The fraction of sp³-hybridized carbons (Fsp3) is 0.417. The van der Waals surface area contributed by atoms with Gasteiger partial charge in [-0.2, -0.15) is 18.3 Å². The molecule has 2 aromatic heterocycles. The highest BCUT2D eigenvalue weighted by Gasteiger charge is 2.35. The molecule has 0 aliphatic heterocycles. The summed E-state index contributed by atoms with van der Waals surface area (Å²) in [5.74, 6) is 0.764. The second-order valence-corrected chi connectivity index (χ2v) is 4.79. The number of hydrogen-bond donors (Lipinski definition) is 2. The number of anilines is 2. The molecule has 2 heterocycles. The summed E-state index contributed by atoms with van der Waals surface area (Å²) in [4.78, 5) is 7.40. The van der Waals surface area contributed by atoms with Crippen LogP contribution in [0.5, 0.6) is 0 Å². The van der Waals surface area contributed by atoms with Crippen molar-refractivity contribution in [2.45, 2.75) is 31.9 Å². The molecule has 0 radical (unpaired) electrons. The van der Waals surface area contributed by atoms with Gasteiger partial charge in [0.15, 0.2) is 5.82 Å². The summed E-state index contributed by atoms with van der Waals surface area (Å²) in [5.41, 5.74) is 0.0332. The Morgan fingerprint density at radius 2 is 2.10 bits per heavy atom. The fourth-order valence-electron chi connectivity index (χ4n) is 1.90. The van der Waals surface area contributed by atoms with Crippen molar-refractivity contribution in [3.8, 4) is 0 Å². The Morgan fingerprint density at radius 1 is 1.35 bits per heavy atom. The predicted octanol–water partition coefficient (Wildman–Crippen LogP) is 3.15. The molecule has 0 bridgehead atoms. The zero-order chi connectivity index (χ0) is 14.3. The van der Waals surface area contributed by atoms with Crippen LogP contribution in [0.25, 0.3) is 0 Å². The lowest BCUT2D eigenvalue weighted by Gasteiger charge is -2.12. The number of nitrogens with zero attached hydrogens (tertiary/aromatic N) is 3. The Kier molecular flexibility index (Phi) is 2.88. The van der Waals surface area contributed by atoms with Gasteiger partial charge in [0.25, 0.3) is 0 Å². The van der Waals surface area contributed by atoms with Crippen molar-refractivity contribution in [3.63, 3.8) is 0 Å². The van der Waals surface area contributed by atoms with Gasteiger partial charge in [-0.15, -0.1) is 0 Å². The van der Waals surface area contributed by atoms with Crippen molar-refractivity contribution in [2.24, 2.45) is 0 Å². The molecular formula is C12H12F3N5. The molecule has 0 saturated heterocycles. The third-order valence-corrected chi connectivity index (χ3v) is 3.08. The summed E-state index contributed by atoms with van der Waals surface area (Å²) in [5, 5.41) is 9.39. The van der Waals surface area contributed by atoms with E-state index in [-0.39, 0.29) is 11.6 Å². The second kappa shape index (κ2) is 4.46. The third-order valence-electron chi connectivity index (χ3n) is 3.08. The van der Waals surface area contributed by atoms with Gasteiger partial charge >= 0.3 is 6.18 Å². The minimum Gasteiger partial charge on any atom is -0.323 e. The van der Waals surface area contributed by atoms with Crippen LogP contribution in [0.15, 0.2) is 12.3 Å². The van der Waals surface area contributed by atoms with E-state index in [9.17, 15) is 13.2 Å². The van der Waals surface area contributed by atoms with Crippen LogP contribution in [-0.4, -0.2) is 20.2 Å². The fourth-order valence-corrected chi connectivity index (χ4v) is 1.90. The highest BCUT2D eigenvalue weighted by molar-refractivity contribution is 5.56. The summed E-state index contributed by atoms with van der Waals surface area (Å²) in [7, 11) is 0. The standard InChI is InChI=1S/C12H12F3N5/c1-6-16-5-8(12(13,14)15)11(17-6)18-10-4-9(19-20-10)7-2-3-7/h4-5,7H,2-3H2,1H3,(H2,16,17,18,19,20). The van der Waals surface area contributed by atoms with Crippen molar-refractivity contribution in [1.29, 1.82) is 0 Å². The third kappa shape index (κ3) is 2.59. The molecule has 0 aromatic carbocycles. The van der Waals surface area contributed by atoms with E-state index < -0.39 is 11.7 Å². The average Bonchev–Trinajstić information content (AvgIpc) is 3.09. The lowest BCUT2D eigenvalue weighted by Crippen LogP contribution is -2.12. The van der Waals surface area contributed by atoms with Crippen molar-refractivity contribution < 1.29 is 13.2 Å². The summed E-state index contributed by atoms with van der Waals surface area (Å²) in [6.45, 7) is 1.53. The van der Waals surface area contributed by atoms with Gasteiger partial charge in [-0.25, -0.2) is 9.97 Å². The van der Waals surface area contributed by atoms with Crippen LogP contribution >= 0.6 is 0 Å². The van der Waals surface area contributed by atoms with E-state index in [0.717, 1.165) is 24.7 Å². The minimum atomic E-state index is -4.51. The van der Waals surface area contributed by atoms with Gasteiger partial charge in [0.1, 0.15) is 17.2 Å².